The first-order valence-corrected chi connectivity index (χ1v) is 8.72. The van der Waals surface area contributed by atoms with Crippen molar-refractivity contribution in [3.63, 3.8) is 0 Å². The van der Waals surface area contributed by atoms with E-state index in [-0.39, 0.29) is 0 Å². The van der Waals surface area contributed by atoms with Gasteiger partial charge in [0.15, 0.2) is 0 Å². The molecule has 0 aliphatic rings. The number of benzene rings is 2. The van der Waals surface area contributed by atoms with Crippen molar-refractivity contribution in [1.29, 1.82) is 0 Å². The van der Waals surface area contributed by atoms with Crippen molar-refractivity contribution in [2.45, 2.75) is 19.3 Å². The van der Waals surface area contributed by atoms with Crippen LogP contribution in [0.2, 0.25) is 0 Å². The molecule has 0 heterocycles. The summed E-state index contributed by atoms with van der Waals surface area (Å²) < 4.78 is 0. The summed E-state index contributed by atoms with van der Waals surface area (Å²) in [6.45, 7) is 6.31. The van der Waals surface area contributed by atoms with Crippen molar-refractivity contribution in [2.75, 3.05) is 0 Å². The minimum absolute atomic E-state index is 0.318. The van der Waals surface area contributed by atoms with E-state index < -0.39 is 0 Å². The van der Waals surface area contributed by atoms with Gasteiger partial charge in [0.1, 0.15) is 0 Å². The Bertz CT molecular complexity index is 743. The van der Waals surface area contributed by atoms with E-state index >= 15 is 0 Å². The fraction of sp³-hybridized carbons (Fsp3) is 0.120. The van der Waals surface area contributed by atoms with Gasteiger partial charge in [0.05, 0.1) is 0 Å². The molecular weight excluding hydrogens is 300 g/mol. The molecule has 0 N–H and O–H groups in total. The van der Waals surface area contributed by atoms with Crippen molar-refractivity contribution in [1.82, 2.24) is 0 Å². The Kier molecular flexibility index (Phi) is 8.00. The van der Waals surface area contributed by atoms with Gasteiger partial charge in [-0.1, -0.05) is 116 Å². The molecule has 2 rings (SSSR count). The van der Waals surface area contributed by atoms with Gasteiger partial charge in [-0.3, -0.25) is 0 Å². The minimum atomic E-state index is 0.318. The Hall–Kier alpha value is -2.86. The van der Waals surface area contributed by atoms with Gasteiger partial charge in [0.25, 0.3) is 0 Å². The molecule has 1 unspecified atom stereocenters. The third-order valence-corrected chi connectivity index (χ3v) is 3.97. The maximum Gasteiger partial charge on any atom is 0.00614 e. The van der Waals surface area contributed by atoms with Gasteiger partial charge in [0.2, 0.25) is 0 Å². The maximum absolute atomic E-state index is 4.30. The van der Waals surface area contributed by atoms with Gasteiger partial charge < -0.3 is 0 Å². The first kappa shape index (κ1) is 18.5. The molecule has 0 bridgehead atoms. The molecule has 0 amide bonds. The lowest BCUT2D eigenvalue weighted by atomic mass is 9.89. The summed E-state index contributed by atoms with van der Waals surface area (Å²) in [5.41, 5.74) is 3.69. The number of allylic oxidation sites excluding steroid dienone is 9. The van der Waals surface area contributed by atoms with Gasteiger partial charge in [-0.05, 0) is 30.0 Å². The topological polar surface area (TPSA) is 0 Å². The summed E-state index contributed by atoms with van der Waals surface area (Å²) in [7, 11) is 0. The molecule has 1 atom stereocenters. The van der Waals surface area contributed by atoms with Gasteiger partial charge in [-0.25, -0.2) is 0 Å². The molecule has 2 aromatic rings. The van der Waals surface area contributed by atoms with Crippen molar-refractivity contribution < 1.29 is 0 Å². The zero-order chi connectivity index (χ0) is 17.7. The third kappa shape index (κ3) is 6.64. The van der Waals surface area contributed by atoms with Crippen LogP contribution in [0.25, 0.3) is 5.57 Å². The maximum atomic E-state index is 4.30. The van der Waals surface area contributed by atoms with E-state index in [1.807, 2.05) is 43.4 Å². The molecule has 0 aliphatic carbocycles. The molecule has 0 aromatic heterocycles. The smallest absolute Gasteiger partial charge is 0.00614 e. The zero-order valence-corrected chi connectivity index (χ0v) is 14.9. The Morgan fingerprint density at radius 3 is 2.00 bits per heavy atom. The molecule has 0 saturated heterocycles. The standard InChI is InChI=1S/C25H26/c1-3-4-5-6-7-8-11-20-25(24-18-14-10-15-19-24)21-22(2)23-16-12-9-13-17-23/h3-20,25H,2,21H2,1H3/b4-3+,6-5+,8-7+,20-11+. The lowest BCUT2D eigenvalue weighted by molar-refractivity contribution is 0.877. The van der Waals surface area contributed by atoms with E-state index in [2.05, 4.69) is 79.4 Å². The summed E-state index contributed by atoms with van der Waals surface area (Å²) in [6, 6.07) is 21.0. The number of hydrogen-bond donors (Lipinski definition) is 0. The normalized spacial score (nSPS) is 13.3. The van der Waals surface area contributed by atoms with E-state index in [1.165, 1.54) is 11.1 Å². The average molecular weight is 326 g/mol. The number of rotatable bonds is 8. The van der Waals surface area contributed by atoms with Crippen molar-refractivity contribution in [2.24, 2.45) is 0 Å². The molecule has 0 nitrogen and oxygen atoms in total. The highest BCUT2D eigenvalue weighted by Gasteiger charge is 2.10. The quantitative estimate of drug-likeness (QED) is 0.453. The molecule has 0 fully saturated rings. The minimum Gasteiger partial charge on any atom is -0.0952 e. The second-order valence-corrected chi connectivity index (χ2v) is 5.87. The fourth-order valence-corrected chi connectivity index (χ4v) is 2.62. The van der Waals surface area contributed by atoms with Crippen LogP contribution in [0.5, 0.6) is 0 Å². The van der Waals surface area contributed by atoms with Crippen molar-refractivity contribution >= 4 is 5.57 Å². The van der Waals surface area contributed by atoms with E-state index in [0.717, 1.165) is 12.0 Å². The SMILES string of the molecule is C=C(CC(/C=C/C=C/C=C/C=C/C)c1ccccc1)c1ccccc1. The van der Waals surface area contributed by atoms with Gasteiger partial charge in [0, 0.05) is 5.92 Å². The van der Waals surface area contributed by atoms with Crippen LogP contribution in [-0.4, -0.2) is 0 Å². The number of hydrogen-bond acceptors (Lipinski definition) is 0. The van der Waals surface area contributed by atoms with Crippen LogP contribution < -0.4 is 0 Å². The van der Waals surface area contributed by atoms with Crippen LogP contribution in [0.3, 0.4) is 0 Å². The molecule has 2 aromatic carbocycles. The third-order valence-electron chi connectivity index (χ3n) is 3.97. The summed E-state index contributed by atoms with van der Waals surface area (Å²) in [6.07, 6.45) is 17.5. The summed E-state index contributed by atoms with van der Waals surface area (Å²) in [5, 5.41) is 0. The van der Waals surface area contributed by atoms with E-state index in [4.69, 9.17) is 0 Å². The van der Waals surface area contributed by atoms with Crippen LogP contribution >= 0.6 is 0 Å². The molecule has 0 radical (unpaired) electrons. The predicted molar refractivity (Wildman–Crippen MR) is 112 cm³/mol. The Morgan fingerprint density at radius 2 is 1.36 bits per heavy atom. The fourth-order valence-electron chi connectivity index (χ4n) is 2.62. The average Bonchev–Trinajstić information content (AvgIpc) is 2.67. The summed E-state index contributed by atoms with van der Waals surface area (Å²) >= 11 is 0. The van der Waals surface area contributed by atoms with Crippen LogP contribution in [0.4, 0.5) is 0 Å². The van der Waals surface area contributed by atoms with E-state index in [0.29, 0.717) is 5.92 Å². The first-order valence-electron chi connectivity index (χ1n) is 8.72. The van der Waals surface area contributed by atoms with Gasteiger partial charge in [-0.2, -0.15) is 0 Å². The van der Waals surface area contributed by atoms with Crippen molar-refractivity contribution in [3.8, 4) is 0 Å². The molecule has 126 valence electrons. The monoisotopic (exact) mass is 326 g/mol. The largest absolute Gasteiger partial charge is 0.0952 e. The van der Waals surface area contributed by atoms with Gasteiger partial charge in [-0.15, -0.1) is 0 Å². The van der Waals surface area contributed by atoms with Crippen LogP contribution in [-0.2, 0) is 0 Å². The molecule has 0 heteroatoms. The van der Waals surface area contributed by atoms with Crippen LogP contribution in [0.15, 0.2) is 116 Å². The Morgan fingerprint density at radius 1 is 0.800 bits per heavy atom. The van der Waals surface area contributed by atoms with E-state index in [1.54, 1.807) is 0 Å². The Balaban J connectivity index is 2.10. The molecule has 0 saturated carbocycles. The zero-order valence-electron chi connectivity index (χ0n) is 14.9. The van der Waals surface area contributed by atoms with Gasteiger partial charge >= 0.3 is 0 Å². The molecule has 0 aliphatic heterocycles. The van der Waals surface area contributed by atoms with Crippen LogP contribution in [0.1, 0.15) is 30.4 Å². The summed E-state index contributed by atoms with van der Waals surface area (Å²) in [5.74, 6) is 0.318. The highest BCUT2D eigenvalue weighted by molar-refractivity contribution is 5.64. The molecule has 0 spiro atoms. The Labute approximate surface area is 152 Å². The lowest BCUT2D eigenvalue weighted by Crippen LogP contribution is -1.97. The summed E-state index contributed by atoms with van der Waals surface area (Å²) in [4.78, 5) is 0. The highest BCUT2D eigenvalue weighted by atomic mass is 14.1. The predicted octanol–water partition coefficient (Wildman–Crippen LogP) is 7.12. The van der Waals surface area contributed by atoms with Crippen molar-refractivity contribution in [3.05, 3.63) is 127 Å². The second kappa shape index (κ2) is 10.8. The highest BCUT2D eigenvalue weighted by Crippen LogP contribution is 2.29. The second-order valence-electron chi connectivity index (χ2n) is 5.87. The molecular formula is C25H26. The van der Waals surface area contributed by atoms with E-state index in [9.17, 15) is 0 Å². The molecule has 25 heavy (non-hydrogen) atoms. The first-order chi connectivity index (χ1) is 12.3. The van der Waals surface area contributed by atoms with Crippen LogP contribution in [0, 0.1) is 0 Å². The lowest BCUT2D eigenvalue weighted by Gasteiger charge is -2.15.